The third kappa shape index (κ3) is 2.29. The summed E-state index contributed by atoms with van der Waals surface area (Å²) in [4.78, 5) is 10.0. The summed E-state index contributed by atoms with van der Waals surface area (Å²) in [5, 5.41) is 2.60. The van der Waals surface area contributed by atoms with Crippen LogP contribution in [0.1, 0.15) is 12.7 Å². The molecule has 70 valence electrons. The Morgan fingerprint density at radius 2 is 2.46 bits per heavy atom. The minimum atomic E-state index is -0.0347. The van der Waals surface area contributed by atoms with E-state index in [1.54, 1.807) is 6.92 Å². The van der Waals surface area contributed by atoms with Gasteiger partial charge in [0.15, 0.2) is 5.76 Å². The van der Waals surface area contributed by atoms with Crippen LogP contribution in [0, 0.1) is 4.91 Å². The number of hydrogen-bond donors (Lipinski definition) is 0. The monoisotopic (exact) mass is 202 g/mol. The van der Waals surface area contributed by atoms with Gasteiger partial charge in [-0.05, 0) is 13.0 Å². The number of nitroso groups, excluding NO2 is 1. The Hall–Kier alpha value is -1.36. The van der Waals surface area contributed by atoms with Crippen LogP contribution in [0.25, 0.3) is 0 Å². The van der Waals surface area contributed by atoms with Crippen LogP contribution < -0.4 is 0 Å². The first-order valence-electron chi connectivity index (χ1n) is 3.57. The Morgan fingerprint density at radius 3 is 2.92 bits per heavy atom. The number of nitrogens with zero attached hydrogens (tertiary/aromatic N) is 2. The van der Waals surface area contributed by atoms with Gasteiger partial charge < -0.3 is 9.15 Å². The molecule has 0 fully saturated rings. The zero-order valence-corrected chi connectivity index (χ0v) is 7.61. The summed E-state index contributed by atoms with van der Waals surface area (Å²) in [6.45, 7) is 2.19. The number of hydrogen-bond acceptors (Lipinski definition) is 5. The van der Waals surface area contributed by atoms with Gasteiger partial charge in [0.2, 0.25) is 0 Å². The lowest BCUT2D eigenvalue weighted by Gasteiger charge is -2.00. The van der Waals surface area contributed by atoms with E-state index in [1.165, 1.54) is 12.1 Å². The van der Waals surface area contributed by atoms with E-state index in [9.17, 15) is 4.91 Å². The fourth-order valence-corrected chi connectivity index (χ4v) is 0.898. The Labute approximate surface area is 79.4 Å². The summed E-state index contributed by atoms with van der Waals surface area (Å²) < 4.78 is 13.3. The fourth-order valence-electron chi connectivity index (χ4n) is 0.766. The second-order valence-corrected chi connectivity index (χ2v) is 2.22. The highest BCUT2D eigenvalue weighted by molar-refractivity contribution is 6.20. The third-order valence-corrected chi connectivity index (χ3v) is 1.40. The van der Waals surface area contributed by atoms with E-state index in [-0.39, 0.29) is 17.5 Å². The van der Waals surface area contributed by atoms with Crippen molar-refractivity contribution in [1.29, 1.82) is 0 Å². The van der Waals surface area contributed by atoms with E-state index in [4.69, 9.17) is 20.9 Å². The van der Waals surface area contributed by atoms with Crippen LogP contribution in [-0.2, 0) is 4.74 Å². The molecule has 6 heteroatoms. The maximum atomic E-state index is 10.0. The molecule has 1 aromatic heterocycles. The van der Waals surface area contributed by atoms with Crippen LogP contribution in [0.4, 0.5) is 5.88 Å². The number of furan rings is 1. The minimum Gasteiger partial charge on any atom is -0.475 e. The van der Waals surface area contributed by atoms with E-state index in [1.807, 2.05) is 0 Å². The molecule has 0 saturated carbocycles. The zero-order valence-electron chi connectivity index (χ0n) is 6.86. The lowest BCUT2D eigenvalue weighted by molar-refractivity contribution is 0.320. The van der Waals surface area contributed by atoms with Crippen molar-refractivity contribution in [3.05, 3.63) is 22.8 Å². The van der Waals surface area contributed by atoms with Crippen molar-refractivity contribution in [2.24, 2.45) is 9.69 Å². The predicted molar refractivity (Wildman–Crippen MR) is 48.2 cm³/mol. The molecule has 0 bridgehead atoms. The molecule has 0 spiro atoms. The lowest BCUT2D eigenvalue weighted by Crippen LogP contribution is -2.03. The molecule has 0 aliphatic carbocycles. The topological polar surface area (TPSA) is 64.2 Å². The van der Waals surface area contributed by atoms with Crippen LogP contribution in [0.15, 0.2) is 26.2 Å². The smallest absolute Gasteiger partial charge is 0.270 e. The summed E-state index contributed by atoms with van der Waals surface area (Å²) in [6, 6.07) is 2.91. The first-order chi connectivity index (χ1) is 6.31. The minimum absolute atomic E-state index is 0.0347. The SMILES string of the molecule is CCOC(=NCl)c1ccc(N=O)o1. The fraction of sp³-hybridized carbons (Fsp3) is 0.286. The molecule has 0 amide bonds. The molecule has 0 aromatic carbocycles. The molecule has 0 aliphatic heterocycles. The van der Waals surface area contributed by atoms with Crippen molar-refractivity contribution in [3.8, 4) is 0 Å². The summed E-state index contributed by atoms with van der Waals surface area (Å²) in [5.41, 5.74) is 0. The van der Waals surface area contributed by atoms with E-state index >= 15 is 0 Å². The molecule has 0 aliphatic rings. The Kier molecular flexibility index (Phi) is 3.45. The van der Waals surface area contributed by atoms with Gasteiger partial charge in [0.25, 0.3) is 11.8 Å². The summed E-state index contributed by atoms with van der Waals surface area (Å²) in [5.74, 6) is 0.387. The maximum Gasteiger partial charge on any atom is 0.270 e. The van der Waals surface area contributed by atoms with E-state index in [0.717, 1.165) is 0 Å². The van der Waals surface area contributed by atoms with Crippen molar-refractivity contribution in [2.75, 3.05) is 6.61 Å². The van der Waals surface area contributed by atoms with Crippen LogP contribution >= 0.6 is 11.8 Å². The third-order valence-electron chi connectivity index (χ3n) is 1.25. The van der Waals surface area contributed by atoms with Gasteiger partial charge in [0, 0.05) is 23.0 Å². The van der Waals surface area contributed by atoms with Gasteiger partial charge in [0.1, 0.15) is 0 Å². The normalized spacial score (nSPS) is 11.4. The number of rotatable bonds is 3. The Balaban J connectivity index is 2.85. The molecule has 1 heterocycles. The Morgan fingerprint density at radius 1 is 1.69 bits per heavy atom. The average Bonchev–Trinajstić information content (AvgIpc) is 2.62. The molecule has 0 radical (unpaired) electrons. The number of ether oxygens (including phenoxy) is 1. The molecule has 0 unspecified atom stereocenters. The van der Waals surface area contributed by atoms with Gasteiger partial charge >= 0.3 is 0 Å². The van der Waals surface area contributed by atoms with Crippen LogP contribution in [0.5, 0.6) is 0 Å². The molecule has 0 saturated heterocycles. The Bertz CT molecular complexity index is 321. The van der Waals surface area contributed by atoms with Crippen molar-refractivity contribution in [3.63, 3.8) is 0 Å². The van der Waals surface area contributed by atoms with Crippen molar-refractivity contribution in [2.45, 2.75) is 6.92 Å². The highest BCUT2D eigenvalue weighted by Gasteiger charge is 2.09. The number of halogens is 1. The predicted octanol–water partition coefficient (Wildman–Crippen LogP) is 2.61. The lowest BCUT2D eigenvalue weighted by atomic mass is 10.4. The van der Waals surface area contributed by atoms with Gasteiger partial charge in [-0.3, -0.25) is 0 Å². The summed E-state index contributed by atoms with van der Waals surface area (Å²) >= 11 is 5.23. The summed E-state index contributed by atoms with van der Waals surface area (Å²) in [7, 11) is 0. The molecular formula is C7H7ClN2O3. The van der Waals surface area contributed by atoms with Gasteiger partial charge in [-0.25, -0.2) is 0 Å². The largest absolute Gasteiger partial charge is 0.475 e. The first kappa shape index (κ1) is 9.73. The highest BCUT2D eigenvalue weighted by Crippen LogP contribution is 2.17. The molecule has 1 aromatic rings. The quantitative estimate of drug-likeness (QED) is 0.430. The van der Waals surface area contributed by atoms with E-state index in [2.05, 4.69) is 9.69 Å². The van der Waals surface area contributed by atoms with Crippen molar-refractivity contribution < 1.29 is 9.15 Å². The van der Waals surface area contributed by atoms with Crippen molar-refractivity contribution in [1.82, 2.24) is 0 Å². The van der Waals surface area contributed by atoms with Gasteiger partial charge in [0.05, 0.1) is 6.61 Å². The van der Waals surface area contributed by atoms with Crippen molar-refractivity contribution >= 4 is 23.6 Å². The second kappa shape index (κ2) is 4.61. The van der Waals surface area contributed by atoms with Gasteiger partial charge in [-0.2, -0.15) is 0 Å². The van der Waals surface area contributed by atoms with Crippen LogP contribution in [-0.4, -0.2) is 12.5 Å². The molecule has 0 N–H and O–H groups in total. The van der Waals surface area contributed by atoms with Crippen LogP contribution in [0.3, 0.4) is 0 Å². The average molecular weight is 203 g/mol. The van der Waals surface area contributed by atoms with Gasteiger partial charge in [-0.15, -0.1) is 9.42 Å². The zero-order chi connectivity index (χ0) is 9.68. The molecule has 13 heavy (non-hydrogen) atoms. The first-order valence-corrected chi connectivity index (χ1v) is 3.91. The van der Waals surface area contributed by atoms with Gasteiger partial charge in [-0.1, -0.05) is 0 Å². The second-order valence-electron chi connectivity index (χ2n) is 2.05. The summed E-state index contributed by atoms with van der Waals surface area (Å²) in [6.07, 6.45) is 0. The molecular weight excluding hydrogens is 196 g/mol. The maximum absolute atomic E-state index is 10.0. The highest BCUT2D eigenvalue weighted by atomic mass is 35.5. The molecule has 1 rings (SSSR count). The van der Waals surface area contributed by atoms with E-state index < -0.39 is 0 Å². The molecule has 5 nitrogen and oxygen atoms in total. The van der Waals surface area contributed by atoms with E-state index in [0.29, 0.717) is 6.61 Å². The molecule has 0 atom stereocenters. The van der Waals surface area contributed by atoms with Crippen LogP contribution in [0.2, 0.25) is 0 Å². The standard InChI is InChI=1S/C7H7ClN2O3/c1-2-12-7(9-8)5-3-4-6(10-11)13-5/h3-4H,2H2,1H3.